The summed E-state index contributed by atoms with van der Waals surface area (Å²) in [5.74, 6) is -0.538. The van der Waals surface area contributed by atoms with E-state index >= 15 is 0 Å². The van der Waals surface area contributed by atoms with Gasteiger partial charge in [0.15, 0.2) is 6.61 Å². The zero-order valence-electron chi connectivity index (χ0n) is 15.6. The number of hydrazine groups is 1. The molecule has 0 spiro atoms. The highest BCUT2D eigenvalue weighted by Crippen LogP contribution is 2.30. The van der Waals surface area contributed by atoms with Crippen LogP contribution in [0, 0.1) is 11.3 Å². The lowest BCUT2D eigenvalue weighted by atomic mass is 10.2. The molecular weight excluding hydrogens is 422 g/mol. The average molecular weight is 438 g/mol. The summed E-state index contributed by atoms with van der Waals surface area (Å²) in [5.41, 5.74) is 6.06. The molecule has 0 aliphatic carbocycles. The summed E-state index contributed by atoms with van der Waals surface area (Å²) >= 11 is 7.53. The Balaban J connectivity index is 1.44. The van der Waals surface area contributed by atoms with Gasteiger partial charge in [0, 0.05) is 20.9 Å². The number of hydrogen-bond donors (Lipinski definition) is 2. The fourth-order valence-corrected chi connectivity index (χ4v) is 3.48. The van der Waals surface area contributed by atoms with Crippen LogP contribution in [0.15, 0.2) is 66.7 Å². The molecule has 8 heteroatoms. The number of halogens is 1. The van der Waals surface area contributed by atoms with E-state index in [1.807, 2.05) is 42.5 Å². The molecule has 0 fully saturated rings. The van der Waals surface area contributed by atoms with E-state index in [0.29, 0.717) is 16.3 Å². The Morgan fingerprint density at radius 2 is 1.90 bits per heavy atom. The molecule has 6 nitrogen and oxygen atoms in total. The summed E-state index contributed by atoms with van der Waals surface area (Å²) in [5, 5.41) is 9.41. The second kappa shape index (κ2) is 10.3. The summed E-state index contributed by atoms with van der Waals surface area (Å²) in [6, 6.07) is 19.7. The Morgan fingerprint density at radius 3 is 2.63 bits per heavy atom. The van der Waals surface area contributed by atoms with Crippen molar-refractivity contribution in [3.8, 4) is 22.3 Å². The van der Waals surface area contributed by atoms with E-state index in [1.54, 1.807) is 30.3 Å². The Labute approximate surface area is 182 Å². The zero-order valence-corrected chi connectivity index (χ0v) is 17.2. The molecule has 3 aromatic rings. The van der Waals surface area contributed by atoms with Crippen molar-refractivity contribution in [1.82, 2.24) is 10.9 Å². The topological polar surface area (TPSA) is 91.2 Å². The van der Waals surface area contributed by atoms with Gasteiger partial charge in [-0.1, -0.05) is 23.7 Å². The van der Waals surface area contributed by atoms with Crippen LogP contribution < -0.4 is 15.6 Å². The van der Waals surface area contributed by atoms with Crippen LogP contribution >= 0.6 is 22.9 Å². The molecular formula is C22H16ClN3O3S. The first-order valence-corrected chi connectivity index (χ1v) is 9.98. The van der Waals surface area contributed by atoms with Crippen LogP contribution in [0.4, 0.5) is 0 Å². The van der Waals surface area contributed by atoms with Crippen molar-refractivity contribution in [2.75, 3.05) is 6.61 Å². The lowest BCUT2D eigenvalue weighted by molar-refractivity contribution is -0.128. The maximum Gasteiger partial charge on any atom is 0.276 e. The summed E-state index contributed by atoms with van der Waals surface area (Å²) in [6.45, 7) is -0.274. The molecule has 150 valence electrons. The molecule has 2 aromatic carbocycles. The third kappa shape index (κ3) is 6.21. The molecule has 2 amide bonds. The van der Waals surface area contributed by atoms with Crippen LogP contribution in [0.2, 0.25) is 5.02 Å². The Kier molecular flexibility index (Phi) is 7.22. The van der Waals surface area contributed by atoms with Gasteiger partial charge in [0.1, 0.15) is 5.75 Å². The minimum absolute atomic E-state index is 0.274. The van der Waals surface area contributed by atoms with Gasteiger partial charge in [-0.25, -0.2) is 0 Å². The van der Waals surface area contributed by atoms with Crippen LogP contribution in [-0.4, -0.2) is 18.4 Å². The quantitative estimate of drug-likeness (QED) is 0.447. The predicted octanol–water partition coefficient (Wildman–Crippen LogP) is 4.18. The molecule has 2 N–H and O–H groups in total. The number of benzene rings is 2. The average Bonchev–Trinajstić information content (AvgIpc) is 3.24. The van der Waals surface area contributed by atoms with Crippen LogP contribution in [0.3, 0.4) is 0 Å². The van der Waals surface area contributed by atoms with Crippen LogP contribution in [0.1, 0.15) is 10.4 Å². The van der Waals surface area contributed by atoms with E-state index in [2.05, 4.69) is 10.9 Å². The van der Waals surface area contributed by atoms with Crippen LogP contribution in [-0.2, 0) is 9.59 Å². The molecule has 0 bridgehead atoms. The molecule has 1 aromatic heterocycles. The van der Waals surface area contributed by atoms with Gasteiger partial charge in [-0.15, -0.1) is 11.3 Å². The summed E-state index contributed by atoms with van der Waals surface area (Å²) in [4.78, 5) is 25.6. The standard InChI is InChI=1S/C22H16ClN3O3S/c23-17-3-1-2-16(12-17)20-10-8-19(30-20)9-11-21(27)25-26-22(28)14-29-18-6-4-15(13-24)5-7-18/h1-12H,14H2,(H,25,27)(H,26,28)/b11-9+. The molecule has 0 saturated carbocycles. The monoisotopic (exact) mass is 437 g/mol. The van der Waals surface area contributed by atoms with E-state index in [4.69, 9.17) is 21.6 Å². The smallest absolute Gasteiger partial charge is 0.276 e. The largest absolute Gasteiger partial charge is 0.484 e. The van der Waals surface area contributed by atoms with Gasteiger partial charge in [-0.05, 0) is 60.2 Å². The first-order valence-electron chi connectivity index (χ1n) is 8.79. The molecule has 0 atom stereocenters. The van der Waals surface area contributed by atoms with Crippen molar-refractivity contribution >= 4 is 40.8 Å². The number of thiophene rings is 1. The van der Waals surface area contributed by atoms with E-state index in [-0.39, 0.29) is 6.61 Å². The van der Waals surface area contributed by atoms with Crippen molar-refractivity contribution in [3.05, 3.63) is 82.2 Å². The van der Waals surface area contributed by atoms with Gasteiger partial charge >= 0.3 is 0 Å². The van der Waals surface area contributed by atoms with Gasteiger partial charge in [-0.3, -0.25) is 20.4 Å². The first-order chi connectivity index (χ1) is 14.5. The predicted molar refractivity (Wildman–Crippen MR) is 117 cm³/mol. The molecule has 0 saturated heterocycles. The Bertz CT molecular complexity index is 1120. The van der Waals surface area contributed by atoms with E-state index in [9.17, 15) is 9.59 Å². The van der Waals surface area contributed by atoms with Crippen molar-refractivity contribution < 1.29 is 14.3 Å². The second-order valence-corrected chi connectivity index (χ2v) is 7.56. The number of amides is 2. The lowest BCUT2D eigenvalue weighted by Crippen LogP contribution is -2.43. The minimum Gasteiger partial charge on any atom is -0.484 e. The number of carbonyl (C=O) groups is 2. The number of hydrogen-bond acceptors (Lipinski definition) is 5. The van der Waals surface area contributed by atoms with E-state index in [0.717, 1.165) is 15.3 Å². The normalized spacial score (nSPS) is 10.4. The van der Waals surface area contributed by atoms with Gasteiger partial charge < -0.3 is 4.74 Å². The second-order valence-electron chi connectivity index (χ2n) is 6.01. The molecule has 0 aliphatic rings. The molecule has 0 radical (unpaired) electrons. The van der Waals surface area contributed by atoms with Crippen LogP contribution in [0.5, 0.6) is 5.75 Å². The summed E-state index contributed by atoms with van der Waals surface area (Å²) in [6.07, 6.45) is 2.99. The van der Waals surface area contributed by atoms with E-state index in [1.165, 1.54) is 17.4 Å². The highest BCUT2D eigenvalue weighted by atomic mass is 35.5. The summed E-state index contributed by atoms with van der Waals surface area (Å²) in [7, 11) is 0. The van der Waals surface area contributed by atoms with Crippen molar-refractivity contribution in [2.24, 2.45) is 0 Å². The van der Waals surface area contributed by atoms with Gasteiger partial charge in [0.05, 0.1) is 11.6 Å². The minimum atomic E-state index is -0.513. The third-order valence-corrected chi connectivity index (χ3v) is 5.15. The molecule has 0 aliphatic heterocycles. The fourth-order valence-electron chi connectivity index (χ4n) is 2.38. The number of nitrogens with one attached hydrogen (secondary N) is 2. The van der Waals surface area contributed by atoms with Gasteiger partial charge in [0.2, 0.25) is 0 Å². The van der Waals surface area contributed by atoms with E-state index < -0.39 is 11.8 Å². The lowest BCUT2D eigenvalue weighted by Gasteiger charge is -2.07. The summed E-state index contributed by atoms with van der Waals surface area (Å²) < 4.78 is 5.28. The van der Waals surface area contributed by atoms with Gasteiger partial charge in [-0.2, -0.15) is 5.26 Å². The number of ether oxygens (including phenoxy) is 1. The number of rotatable bonds is 6. The van der Waals surface area contributed by atoms with Gasteiger partial charge in [0.25, 0.3) is 11.8 Å². The maximum absolute atomic E-state index is 11.9. The van der Waals surface area contributed by atoms with Crippen molar-refractivity contribution in [1.29, 1.82) is 5.26 Å². The fraction of sp³-hybridized carbons (Fsp3) is 0.0455. The number of carbonyl (C=O) groups excluding carboxylic acids is 2. The molecule has 0 unspecified atom stereocenters. The first kappa shape index (κ1) is 21.1. The highest BCUT2D eigenvalue weighted by molar-refractivity contribution is 7.16. The van der Waals surface area contributed by atoms with Crippen molar-refractivity contribution in [3.63, 3.8) is 0 Å². The zero-order chi connectivity index (χ0) is 21.3. The molecule has 1 heterocycles. The highest BCUT2D eigenvalue weighted by Gasteiger charge is 2.05. The Hall–Kier alpha value is -3.60. The van der Waals surface area contributed by atoms with Crippen LogP contribution in [0.25, 0.3) is 16.5 Å². The Morgan fingerprint density at radius 1 is 1.10 bits per heavy atom. The molecule has 3 rings (SSSR count). The number of nitriles is 1. The molecule has 30 heavy (non-hydrogen) atoms. The number of nitrogens with zero attached hydrogens (tertiary/aromatic N) is 1. The maximum atomic E-state index is 11.9. The van der Waals surface area contributed by atoms with Crippen molar-refractivity contribution in [2.45, 2.75) is 0 Å². The SMILES string of the molecule is N#Cc1ccc(OCC(=O)NNC(=O)/C=C/c2ccc(-c3cccc(Cl)c3)s2)cc1. The third-order valence-electron chi connectivity index (χ3n) is 3.81.